The van der Waals surface area contributed by atoms with Crippen molar-refractivity contribution in [3.05, 3.63) is 35.4 Å². The second-order valence-electron chi connectivity index (χ2n) is 5.48. The first-order valence-corrected chi connectivity index (χ1v) is 7.44. The first-order valence-electron chi connectivity index (χ1n) is 7.44. The van der Waals surface area contributed by atoms with E-state index in [0.29, 0.717) is 13.1 Å². The van der Waals surface area contributed by atoms with Gasteiger partial charge in [0.25, 0.3) is 0 Å². The van der Waals surface area contributed by atoms with Crippen molar-refractivity contribution in [2.45, 2.75) is 20.4 Å². The highest BCUT2D eigenvalue weighted by atomic mass is 16.2. The highest BCUT2D eigenvalue weighted by Gasteiger charge is 2.17. The van der Waals surface area contributed by atoms with E-state index in [1.54, 1.807) is 0 Å². The number of aryl methyl sites for hydroxylation is 1. The molecule has 0 unspecified atom stereocenters. The van der Waals surface area contributed by atoms with Crippen molar-refractivity contribution in [2.24, 2.45) is 0 Å². The van der Waals surface area contributed by atoms with Gasteiger partial charge in [0, 0.05) is 32.7 Å². The first kappa shape index (κ1) is 15.0. The summed E-state index contributed by atoms with van der Waals surface area (Å²) in [5.74, 6) is 0.122. The Labute approximate surface area is 121 Å². The van der Waals surface area contributed by atoms with Crippen LogP contribution in [0.1, 0.15) is 18.1 Å². The van der Waals surface area contributed by atoms with Gasteiger partial charge in [0.1, 0.15) is 0 Å². The molecule has 1 N–H and O–H groups in total. The summed E-state index contributed by atoms with van der Waals surface area (Å²) in [5, 5.41) is 3.00. The number of carbonyl (C=O) groups is 1. The van der Waals surface area contributed by atoms with Crippen LogP contribution in [-0.4, -0.2) is 55.0 Å². The van der Waals surface area contributed by atoms with E-state index in [9.17, 15) is 4.79 Å². The number of rotatable bonds is 5. The number of benzene rings is 1. The number of carbonyl (C=O) groups excluding carboxylic acids is 1. The molecule has 1 fully saturated rings. The minimum atomic E-state index is 0.122. The summed E-state index contributed by atoms with van der Waals surface area (Å²) in [6.07, 6.45) is 0. The Hall–Kier alpha value is -1.39. The average molecular weight is 275 g/mol. The minimum absolute atomic E-state index is 0.122. The third-order valence-electron chi connectivity index (χ3n) is 3.85. The van der Waals surface area contributed by atoms with Gasteiger partial charge in [0.2, 0.25) is 5.91 Å². The van der Waals surface area contributed by atoms with E-state index < -0.39 is 0 Å². The van der Waals surface area contributed by atoms with Gasteiger partial charge in [0.05, 0.1) is 6.54 Å². The van der Waals surface area contributed by atoms with Gasteiger partial charge in [-0.25, -0.2) is 0 Å². The zero-order chi connectivity index (χ0) is 14.4. The lowest BCUT2D eigenvalue weighted by Gasteiger charge is -2.33. The molecule has 1 aromatic rings. The van der Waals surface area contributed by atoms with Gasteiger partial charge in [-0.3, -0.25) is 9.69 Å². The highest BCUT2D eigenvalue weighted by Crippen LogP contribution is 2.04. The van der Waals surface area contributed by atoms with Gasteiger partial charge in [-0.15, -0.1) is 0 Å². The van der Waals surface area contributed by atoms with E-state index in [-0.39, 0.29) is 5.91 Å². The van der Waals surface area contributed by atoms with E-state index in [1.165, 1.54) is 5.56 Å². The highest BCUT2D eigenvalue weighted by molar-refractivity contribution is 5.78. The lowest BCUT2D eigenvalue weighted by molar-refractivity contribution is -0.122. The third-order valence-corrected chi connectivity index (χ3v) is 3.85. The molecule has 0 spiro atoms. The predicted molar refractivity (Wildman–Crippen MR) is 81.6 cm³/mol. The van der Waals surface area contributed by atoms with Crippen LogP contribution in [0.2, 0.25) is 0 Å². The van der Waals surface area contributed by atoms with Crippen LogP contribution in [0.5, 0.6) is 0 Å². The van der Waals surface area contributed by atoms with Crippen LogP contribution in [0.25, 0.3) is 0 Å². The van der Waals surface area contributed by atoms with Crippen LogP contribution in [0.15, 0.2) is 24.3 Å². The lowest BCUT2D eigenvalue weighted by atomic mass is 10.1. The van der Waals surface area contributed by atoms with E-state index in [0.717, 1.165) is 38.3 Å². The number of nitrogens with zero attached hydrogens (tertiary/aromatic N) is 2. The van der Waals surface area contributed by atoms with Crippen LogP contribution >= 0.6 is 0 Å². The normalized spacial score (nSPS) is 17.1. The Morgan fingerprint density at radius 3 is 2.55 bits per heavy atom. The molecule has 1 aromatic carbocycles. The van der Waals surface area contributed by atoms with Crippen molar-refractivity contribution in [3.63, 3.8) is 0 Å². The maximum absolute atomic E-state index is 12.0. The van der Waals surface area contributed by atoms with Crippen LogP contribution in [-0.2, 0) is 11.3 Å². The molecule has 0 radical (unpaired) electrons. The van der Waals surface area contributed by atoms with Crippen molar-refractivity contribution in [2.75, 3.05) is 39.3 Å². The molecule has 0 saturated carbocycles. The zero-order valence-electron chi connectivity index (χ0n) is 12.6. The quantitative estimate of drug-likeness (QED) is 0.878. The summed E-state index contributed by atoms with van der Waals surface area (Å²) in [7, 11) is 0. The Balaban J connectivity index is 1.71. The fraction of sp³-hybridized carbons (Fsp3) is 0.562. The second kappa shape index (κ2) is 7.41. The monoisotopic (exact) mass is 275 g/mol. The summed E-state index contributed by atoms with van der Waals surface area (Å²) in [6, 6.07) is 8.26. The largest absolute Gasteiger partial charge is 0.351 e. The van der Waals surface area contributed by atoms with Gasteiger partial charge in [-0.1, -0.05) is 36.8 Å². The molecule has 1 saturated heterocycles. The Morgan fingerprint density at radius 1 is 1.20 bits per heavy atom. The van der Waals surface area contributed by atoms with Gasteiger partial charge < -0.3 is 10.2 Å². The molecule has 110 valence electrons. The number of likely N-dealkylation sites (N-methyl/N-ethyl adjacent to an activating group) is 1. The van der Waals surface area contributed by atoms with Crippen molar-refractivity contribution < 1.29 is 4.79 Å². The maximum atomic E-state index is 12.0. The molecule has 0 aliphatic carbocycles. The molecule has 0 aromatic heterocycles. The van der Waals surface area contributed by atoms with Crippen molar-refractivity contribution in [3.8, 4) is 0 Å². The van der Waals surface area contributed by atoms with E-state index >= 15 is 0 Å². The number of hydrogen-bond acceptors (Lipinski definition) is 3. The van der Waals surface area contributed by atoms with E-state index in [4.69, 9.17) is 0 Å². The van der Waals surface area contributed by atoms with Gasteiger partial charge in [-0.2, -0.15) is 0 Å². The molecule has 1 aliphatic rings. The standard InChI is InChI=1S/C16H25N3O/c1-3-18-7-9-19(10-8-18)13-16(20)17-12-15-6-4-5-14(2)11-15/h4-6,11H,3,7-10,12-13H2,1-2H3,(H,17,20). The molecule has 1 heterocycles. The molecular weight excluding hydrogens is 250 g/mol. The van der Waals surface area contributed by atoms with Crippen molar-refractivity contribution in [1.82, 2.24) is 15.1 Å². The molecule has 1 amide bonds. The fourth-order valence-electron chi connectivity index (χ4n) is 2.55. The molecule has 1 aliphatic heterocycles. The van der Waals surface area contributed by atoms with Crippen LogP contribution in [0.3, 0.4) is 0 Å². The number of amides is 1. The van der Waals surface area contributed by atoms with E-state index in [1.807, 2.05) is 12.1 Å². The van der Waals surface area contributed by atoms with Crippen molar-refractivity contribution >= 4 is 5.91 Å². The Morgan fingerprint density at radius 2 is 1.90 bits per heavy atom. The zero-order valence-corrected chi connectivity index (χ0v) is 12.6. The minimum Gasteiger partial charge on any atom is -0.351 e. The SMILES string of the molecule is CCN1CCN(CC(=O)NCc2cccc(C)c2)CC1. The van der Waals surface area contributed by atoms with Crippen LogP contribution < -0.4 is 5.32 Å². The fourth-order valence-corrected chi connectivity index (χ4v) is 2.55. The smallest absolute Gasteiger partial charge is 0.234 e. The van der Waals surface area contributed by atoms with E-state index in [2.05, 4.69) is 41.1 Å². The number of nitrogens with one attached hydrogen (secondary N) is 1. The number of piperazine rings is 1. The van der Waals surface area contributed by atoms with Crippen molar-refractivity contribution in [1.29, 1.82) is 0 Å². The predicted octanol–water partition coefficient (Wildman–Crippen LogP) is 1.25. The molecule has 4 nitrogen and oxygen atoms in total. The summed E-state index contributed by atoms with van der Waals surface area (Å²) in [5.41, 5.74) is 2.39. The second-order valence-corrected chi connectivity index (χ2v) is 5.48. The molecular formula is C16H25N3O. The number of hydrogen-bond donors (Lipinski definition) is 1. The average Bonchev–Trinajstić information content (AvgIpc) is 2.46. The topological polar surface area (TPSA) is 35.6 Å². The summed E-state index contributed by atoms with van der Waals surface area (Å²) in [4.78, 5) is 16.6. The summed E-state index contributed by atoms with van der Waals surface area (Å²) < 4.78 is 0. The van der Waals surface area contributed by atoms with Crippen LogP contribution in [0, 0.1) is 6.92 Å². The lowest BCUT2D eigenvalue weighted by Crippen LogP contribution is -2.49. The molecule has 0 bridgehead atoms. The first-order chi connectivity index (χ1) is 9.67. The molecule has 2 rings (SSSR count). The third kappa shape index (κ3) is 4.62. The summed E-state index contributed by atoms with van der Waals surface area (Å²) in [6.45, 7) is 10.6. The van der Waals surface area contributed by atoms with Gasteiger partial charge >= 0.3 is 0 Å². The summed E-state index contributed by atoms with van der Waals surface area (Å²) >= 11 is 0. The molecule has 20 heavy (non-hydrogen) atoms. The molecule has 4 heteroatoms. The Kier molecular flexibility index (Phi) is 5.56. The molecule has 0 atom stereocenters. The van der Waals surface area contributed by atoms with Gasteiger partial charge in [-0.05, 0) is 19.0 Å². The Bertz CT molecular complexity index is 439. The maximum Gasteiger partial charge on any atom is 0.234 e. The van der Waals surface area contributed by atoms with Crippen LogP contribution in [0.4, 0.5) is 0 Å². The van der Waals surface area contributed by atoms with Gasteiger partial charge in [0.15, 0.2) is 0 Å².